The first-order valence-electron chi connectivity index (χ1n) is 12.2. The topological polar surface area (TPSA) is 0 Å². The van der Waals surface area contributed by atoms with Crippen molar-refractivity contribution in [3.05, 3.63) is 22.3 Å². The number of hydrogen-bond donors (Lipinski definition) is 0. The molecule has 0 amide bonds. The van der Waals surface area contributed by atoms with Crippen LogP contribution in [-0.2, 0) is 0 Å². The van der Waals surface area contributed by atoms with Crippen molar-refractivity contribution < 1.29 is 0 Å². The SMILES string of the molecule is CC1=C(C)C(C)(C)C2(C)C(C)(C)C(C)=C(C)C(C)(C1(C)C)C(C)(C)C(C)(C)C2(C)C. The highest BCUT2D eigenvalue weighted by Crippen LogP contribution is 2.80. The molecule has 0 aromatic carbocycles. The van der Waals surface area contributed by atoms with Gasteiger partial charge in [0.15, 0.2) is 0 Å². The lowest BCUT2D eigenvalue weighted by Gasteiger charge is -2.73. The predicted molar refractivity (Wildman–Crippen MR) is 136 cm³/mol. The van der Waals surface area contributed by atoms with E-state index < -0.39 is 0 Å². The Labute approximate surface area is 190 Å². The van der Waals surface area contributed by atoms with Crippen LogP contribution in [0.25, 0.3) is 0 Å². The van der Waals surface area contributed by atoms with E-state index in [0.717, 1.165) is 0 Å². The number of hydrogen-bond acceptors (Lipinski definition) is 0. The zero-order valence-corrected chi connectivity index (χ0v) is 24.0. The van der Waals surface area contributed by atoms with Gasteiger partial charge in [-0.2, -0.15) is 0 Å². The predicted octanol–water partition coefficient (Wildman–Crippen LogP) is 9.86. The normalized spacial score (nSPS) is 38.6. The zero-order chi connectivity index (χ0) is 24.3. The van der Waals surface area contributed by atoms with Gasteiger partial charge in [0.05, 0.1) is 0 Å². The van der Waals surface area contributed by atoms with Crippen molar-refractivity contribution in [3.8, 4) is 0 Å². The molecule has 0 nitrogen and oxygen atoms in total. The Kier molecular flexibility index (Phi) is 5.22. The van der Waals surface area contributed by atoms with Gasteiger partial charge in [0.1, 0.15) is 0 Å². The van der Waals surface area contributed by atoms with Crippen LogP contribution in [-0.4, -0.2) is 0 Å². The molecular formula is C30H54. The molecule has 0 aromatic rings. The molecule has 2 unspecified atom stereocenters. The molecule has 2 bridgehead atoms. The second-order valence-electron chi connectivity index (χ2n) is 14.5. The fraction of sp³-hybridized carbons (Fsp3) is 0.867. The third-order valence-corrected chi connectivity index (χ3v) is 14.1. The Bertz CT molecular complexity index is 818. The maximum atomic E-state index is 2.62. The van der Waals surface area contributed by atoms with Crippen molar-refractivity contribution in [1.82, 2.24) is 0 Å². The standard InChI is InChI=1S/C30H54/c1-19-20(2)24(7,8)30(18)25(9,10)21(3)22(4)29(17,23(19,5)6)27(13,14)26(11,12)28(30,15)16/h1-18H3. The molecule has 2 atom stereocenters. The van der Waals surface area contributed by atoms with Crippen LogP contribution in [0.4, 0.5) is 0 Å². The van der Waals surface area contributed by atoms with Crippen LogP contribution < -0.4 is 0 Å². The minimum Gasteiger partial charge on any atom is -0.0676 e. The smallest absolute Gasteiger partial charge is 0.00283 e. The molecule has 0 heterocycles. The van der Waals surface area contributed by atoms with Crippen molar-refractivity contribution >= 4 is 0 Å². The highest BCUT2D eigenvalue weighted by Gasteiger charge is 2.73. The third kappa shape index (κ3) is 2.16. The van der Waals surface area contributed by atoms with E-state index in [0.29, 0.717) is 0 Å². The van der Waals surface area contributed by atoms with E-state index in [9.17, 15) is 0 Å². The summed E-state index contributed by atoms with van der Waals surface area (Å²) in [4.78, 5) is 0. The summed E-state index contributed by atoms with van der Waals surface area (Å²) in [6.07, 6.45) is 0. The van der Waals surface area contributed by atoms with Gasteiger partial charge in [0.25, 0.3) is 0 Å². The molecule has 0 saturated heterocycles. The van der Waals surface area contributed by atoms with Gasteiger partial charge in [-0.25, -0.2) is 0 Å². The monoisotopic (exact) mass is 414 g/mol. The first-order valence-corrected chi connectivity index (χ1v) is 12.2. The summed E-state index contributed by atoms with van der Waals surface area (Å²) in [6.45, 7) is 45.8. The Morgan fingerprint density at radius 2 is 0.633 bits per heavy atom. The molecule has 0 heteroatoms. The molecule has 0 fully saturated rings. The van der Waals surface area contributed by atoms with Crippen molar-refractivity contribution in [1.29, 1.82) is 0 Å². The first kappa shape index (κ1) is 25.7. The molecule has 0 aliphatic heterocycles. The van der Waals surface area contributed by atoms with Crippen LogP contribution >= 0.6 is 0 Å². The van der Waals surface area contributed by atoms with Gasteiger partial charge in [0.2, 0.25) is 0 Å². The molecular weight excluding hydrogens is 360 g/mol. The van der Waals surface area contributed by atoms with E-state index in [-0.39, 0.29) is 43.3 Å². The molecule has 3 rings (SSSR count). The number of rotatable bonds is 0. The Hall–Kier alpha value is -0.520. The summed E-state index contributed by atoms with van der Waals surface area (Å²) >= 11 is 0. The highest BCUT2D eigenvalue weighted by molar-refractivity contribution is 5.43. The van der Waals surface area contributed by atoms with Crippen LogP contribution in [0.15, 0.2) is 22.3 Å². The molecule has 3 aliphatic carbocycles. The molecule has 30 heavy (non-hydrogen) atoms. The maximum Gasteiger partial charge on any atom is 0.00283 e. The van der Waals surface area contributed by atoms with Crippen molar-refractivity contribution in [2.24, 2.45) is 43.3 Å². The molecule has 174 valence electrons. The van der Waals surface area contributed by atoms with Gasteiger partial charge >= 0.3 is 0 Å². The summed E-state index contributed by atoms with van der Waals surface area (Å²) in [6, 6.07) is 0. The molecule has 0 N–H and O–H groups in total. The van der Waals surface area contributed by atoms with E-state index in [2.05, 4.69) is 125 Å². The van der Waals surface area contributed by atoms with Crippen LogP contribution in [0.3, 0.4) is 0 Å². The van der Waals surface area contributed by atoms with Gasteiger partial charge < -0.3 is 0 Å². The molecule has 0 aromatic heterocycles. The third-order valence-electron chi connectivity index (χ3n) is 14.1. The van der Waals surface area contributed by atoms with E-state index in [4.69, 9.17) is 0 Å². The van der Waals surface area contributed by atoms with E-state index in [1.165, 1.54) is 0 Å². The largest absolute Gasteiger partial charge is 0.0676 e. The summed E-state index contributed by atoms with van der Waals surface area (Å²) in [5, 5.41) is 0. The number of allylic oxidation sites excluding steroid dienone is 4. The van der Waals surface area contributed by atoms with Gasteiger partial charge in [0, 0.05) is 5.41 Å². The second-order valence-corrected chi connectivity index (χ2v) is 14.5. The van der Waals surface area contributed by atoms with Crippen LogP contribution in [0.1, 0.15) is 125 Å². The first-order chi connectivity index (χ1) is 12.9. The lowest BCUT2D eigenvalue weighted by atomic mass is 9.30. The average Bonchev–Trinajstić information content (AvgIpc) is 2.61. The minimum atomic E-state index is 0.0230. The minimum absolute atomic E-state index is 0.0230. The van der Waals surface area contributed by atoms with E-state index in [1.807, 2.05) is 0 Å². The average molecular weight is 415 g/mol. The van der Waals surface area contributed by atoms with Gasteiger partial charge in [-0.3, -0.25) is 0 Å². The van der Waals surface area contributed by atoms with E-state index in [1.54, 1.807) is 22.3 Å². The molecule has 0 radical (unpaired) electrons. The Morgan fingerprint density at radius 1 is 0.333 bits per heavy atom. The summed E-state index contributed by atoms with van der Waals surface area (Å²) in [5.74, 6) is 0. The van der Waals surface area contributed by atoms with Crippen molar-refractivity contribution in [2.45, 2.75) is 125 Å². The summed E-state index contributed by atoms with van der Waals surface area (Å²) in [5.41, 5.74) is 6.89. The Morgan fingerprint density at radius 3 is 1.00 bits per heavy atom. The zero-order valence-electron chi connectivity index (χ0n) is 24.0. The lowest BCUT2D eigenvalue weighted by molar-refractivity contribution is -0.218. The van der Waals surface area contributed by atoms with Gasteiger partial charge in [-0.15, -0.1) is 0 Å². The van der Waals surface area contributed by atoms with Crippen molar-refractivity contribution in [3.63, 3.8) is 0 Å². The van der Waals surface area contributed by atoms with Gasteiger partial charge in [-0.05, 0) is 65.6 Å². The molecule has 0 saturated carbocycles. The fourth-order valence-corrected chi connectivity index (χ4v) is 9.00. The summed E-state index contributed by atoms with van der Waals surface area (Å²) in [7, 11) is 0. The van der Waals surface area contributed by atoms with E-state index >= 15 is 0 Å². The van der Waals surface area contributed by atoms with Crippen LogP contribution in [0.5, 0.6) is 0 Å². The Balaban J connectivity index is 3.48. The fourth-order valence-electron chi connectivity index (χ4n) is 9.00. The quantitative estimate of drug-likeness (QED) is 0.346. The maximum absolute atomic E-state index is 2.62. The van der Waals surface area contributed by atoms with Crippen molar-refractivity contribution in [2.75, 3.05) is 0 Å². The lowest BCUT2D eigenvalue weighted by Crippen LogP contribution is -2.67. The van der Waals surface area contributed by atoms with Gasteiger partial charge in [-0.1, -0.05) is 119 Å². The highest BCUT2D eigenvalue weighted by atomic mass is 14.8. The van der Waals surface area contributed by atoms with Crippen LogP contribution in [0, 0.1) is 43.3 Å². The second kappa shape index (κ2) is 6.08. The number of fused-ring (bicyclic) bond motifs is 5. The summed E-state index contributed by atoms with van der Waals surface area (Å²) < 4.78 is 0. The van der Waals surface area contributed by atoms with Crippen LogP contribution in [0.2, 0.25) is 0 Å². The molecule has 0 spiro atoms. The molecule has 3 aliphatic rings.